The van der Waals surface area contributed by atoms with E-state index in [1.807, 2.05) is 19.1 Å². The van der Waals surface area contributed by atoms with Gasteiger partial charge in [-0.1, -0.05) is 30.4 Å². The topological polar surface area (TPSA) is 46.1 Å². The molecule has 35 heavy (non-hydrogen) atoms. The summed E-state index contributed by atoms with van der Waals surface area (Å²) >= 11 is 1.12. The summed E-state index contributed by atoms with van der Waals surface area (Å²) in [4.78, 5) is 23.1. The third-order valence-electron chi connectivity index (χ3n) is 5.21. The zero-order chi connectivity index (χ0) is 25.4. The number of thiazole rings is 1. The molecule has 0 atom stereocenters. The zero-order valence-electron chi connectivity index (χ0n) is 18.1. The van der Waals surface area contributed by atoms with Gasteiger partial charge in [0.25, 0.3) is 5.91 Å². The molecule has 0 bridgehead atoms. The largest absolute Gasteiger partial charge is 0.416 e. The Kier molecular flexibility index (Phi) is 6.54. The molecule has 0 N–H and O–H groups in total. The molecule has 0 aliphatic heterocycles. The molecular weight excluding hydrogens is 492 g/mol. The summed E-state index contributed by atoms with van der Waals surface area (Å²) in [6, 6.07) is 11.2. The van der Waals surface area contributed by atoms with Gasteiger partial charge in [-0.05, 0) is 54.4 Å². The highest BCUT2D eigenvalue weighted by molar-refractivity contribution is 7.22. The lowest BCUT2D eigenvalue weighted by Crippen LogP contribution is -2.31. The molecule has 0 fully saturated rings. The van der Waals surface area contributed by atoms with E-state index >= 15 is 0 Å². The molecule has 11 heteroatoms. The Morgan fingerprint density at radius 2 is 1.63 bits per heavy atom. The van der Waals surface area contributed by atoms with Crippen LogP contribution in [0.5, 0.6) is 0 Å². The van der Waals surface area contributed by atoms with Crippen molar-refractivity contribution in [3.63, 3.8) is 0 Å². The van der Waals surface area contributed by atoms with Gasteiger partial charge in [0.2, 0.25) is 0 Å². The molecular formula is C24H17F6N3OS. The molecule has 182 valence electrons. The minimum atomic E-state index is -5.07. The number of fused-ring (bicyclic) bond motifs is 1. The van der Waals surface area contributed by atoms with Crippen molar-refractivity contribution in [3.05, 3.63) is 88.7 Å². The van der Waals surface area contributed by atoms with Crippen molar-refractivity contribution in [3.8, 4) is 0 Å². The van der Waals surface area contributed by atoms with E-state index in [9.17, 15) is 31.1 Å². The number of anilines is 1. The fourth-order valence-corrected chi connectivity index (χ4v) is 4.43. The lowest BCUT2D eigenvalue weighted by molar-refractivity contribution is -0.143. The Morgan fingerprint density at radius 3 is 2.20 bits per heavy atom. The third-order valence-corrected chi connectivity index (χ3v) is 6.25. The van der Waals surface area contributed by atoms with Crippen LogP contribution in [0.4, 0.5) is 31.5 Å². The molecule has 0 saturated heterocycles. The van der Waals surface area contributed by atoms with Crippen LogP contribution in [0, 0.1) is 0 Å². The number of carbonyl (C=O) groups excluding carboxylic acids is 1. The molecule has 4 nitrogen and oxygen atoms in total. The maximum absolute atomic E-state index is 13.4. The molecule has 2 heterocycles. The van der Waals surface area contributed by atoms with Crippen LogP contribution in [-0.4, -0.2) is 15.9 Å². The van der Waals surface area contributed by atoms with Gasteiger partial charge in [-0.2, -0.15) is 26.3 Å². The fraction of sp³-hybridized carbons (Fsp3) is 0.208. The second kappa shape index (κ2) is 9.29. The van der Waals surface area contributed by atoms with Gasteiger partial charge in [-0.25, -0.2) is 4.98 Å². The van der Waals surface area contributed by atoms with Crippen LogP contribution in [0.2, 0.25) is 0 Å². The number of nitrogens with zero attached hydrogens (tertiary/aromatic N) is 3. The highest BCUT2D eigenvalue weighted by Crippen LogP contribution is 2.37. The number of hydrogen-bond acceptors (Lipinski definition) is 4. The van der Waals surface area contributed by atoms with Crippen LogP contribution in [-0.2, 0) is 25.3 Å². The number of carbonyl (C=O) groups is 1. The molecule has 4 aromatic rings. The normalized spacial score (nSPS) is 12.2. The first-order chi connectivity index (χ1) is 16.5. The molecule has 1 amide bonds. The number of aryl methyl sites for hydroxylation is 1. The zero-order valence-corrected chi connectivity index (χ0v) is 18.9. The van der Waals surface area contributed by atoms with Crippen molar-refractivity contribution in [1.82, 2.24) is 9.97 Å². The summed E-state index contributed by atoms with van der Waals surface area (Å²) in [5.41, 5.74) is -1.92. The number of hydrogen-bond donors (Lipinski definition) is 0. The first-order valence-corrected chi connectivity index (χ1v) is 11.2. The van der Waals surface area contributed by atoms with E-state index in [0.717, 1.165) is 32.9 Å². The van der Waals surface area contributed by atoms with Gasteiger partial charge >= 0.3 is 12.4 Å². The van der Waals surface area contributed by atoms with Gasteiger partial charge in [0.1, 0.15) is 0 Å². The Morgan fingerprint density at radius 1 is 0.943 bits per heavy atom. The van der Waals surface area contributed by atoms with Gasteiger partial charge in [-0.3, -0.25) is 14.7 Å². The summed E-state index contributed by atoms with van der Waals surface area (Å²) in [6.07, 6.45) is -7.93. The molecule has 0 spiro atoms. The van der Waals surface area contributed by atoms with E-state index in [0.29, 0.717) is 23.3 Å². The first-order valence-electron chi connectivity index (χ1n) is 10.4. The maximum atomic E-state index is 13.4. The van der Waals surface area contributed by atoms with Gasteiger partial charge in [0, 0.05) is 11.8 Å². The Balaban J connectivity index is 1.84. The van der Waals surface area contributed by atoms with E-state index in [2.05, 4.69) is 9.97 Å². The smallest absolute Gasteiger partial charge is 0.278 e. The van der Waals surface area contributed by atoms with Crippen LogP contribution in [0.15, 0.2) is 60.8 Å². The highest BCUT2D eigenvalue weighted by Gasteiger charge is 2.38. The lowest BCUT2D eigenvalue weighted by atomic mass is 10.0. The summed E-state index contributed by atoms with van der Waals surface area (Å²) in [5.74, 6) is -1.05. The molecule has 0 saturated carbocycles. The Hall–Kier alpha value is -3.47. The summed E-state index contributed by atoms with van der Waals surface area (Å²) in [6.45, 7) is 1.77. The van der Waals surface area contributed by atoms with Crippen molar-refractivity contribution >= 4 is 32.6 Å². The van der Waals surface area contributed by atoms with Crippen LogP contribution in [0.25, 0.3) is 10.2 Å². The second-order valence-electron chi connectivity index (χ2n) is 7.66. The van der Waals surface area contributed by atoms with E-state index in [1.165, 1.54) is 6.20 Å². The highest BCUT2D eigenvalue weighted by atomic mass is 32.1. The predicted octanol–water partition coefficient (Wildman–Crippen LogP) is 7.14. The number of halogens is 6. The maximum Gasteiger partial charge on any atom is 0.416 e. The van der Waals surface area contributed by atoms with Crippen molar-refractivity contribution < 1.29 is 31.1 Å². The van der Waals surface area contributed by atoms with Crippen molar-refractivity contribution in [1.29, 1.82) is 0 Å². The number of benzene rings is 2. The molecule has 0 radical (unpaired) electrons. The minimum Gasteiger partial charge on any atom is -0.278 e. The first kappa shape index (κ1) is 24.6. The average Bonchev–Trinajstić information content (AvgIpc) is 3.24. The molecule has 2 aromatic heterocycles. The van der Waals surface area contributed by atoms with Gasteiger partial charge in [-0.15, -0.1) is 0 Å². The number of amides is 1. The quantitative estimate of drug-likeness (QED) is 0.269. The van der Waals surface area contributed by atoms with E-state index < -0.39 is 35.0 Å². The molecule has 2 aromatic carbocycles. The van der Waals surface area contributed by atoms with Crippen LogP contribution in [0.3, 0.4) is 0 Å². The Bertz CT molecular complexity index is 1330. The Labute approximate surface area is 199 Å². The van der Waals surface area contributed by atoms with E-state index in [-0.39, 0.29) is 17.7 Å². The summed E-state index contributed by atoms with van der Waals surface area (Å²) in [7, 11) is 0. The number of rotatable bonds is 5. The van der Waals surface area contributed by atoms with Crippen molar-refractivity contribution in [2.75, 3.05) is 4.90 Å². The predicted molar refractivity (Wildman–Crippen MR) is 120 cm³/mol. The minimum absolute atomic E-state index is 0.0101. The summed E-state index contributed by atoms with van der Waals surface area (Å²) in [5, 5.41) is 0.134. The van der Waals surface area contributed by atoms with Crippen LogP contribution in [0.1, 0.15) is 39.7 Å². The van der Waals surface area contributed by atoms with Crippen LogP contribution >= 0.6 is 11.3 Å². The summed E-state index contributed by atoms with van der Waals surface area (Å²) < 4.78 is 80.9. The number of alkyl halides is 6. The van der Waals surface area contributed by atoms with Crippen molar-refractivity contribution in [2.45, 2.75) is 32.2 Å². The second-order valence-corrected chi connectivity index (χ2v) is 8.67. The number of aromatic nitrogens is 2. The molecule has 4 rings (SSSR count). The fourth-order valence-electron chi connectivity index (χ4n) is 3.41. The van der Waals surface area contributed by atoms with E-state index in [1.54, 1.807) is 24.3 Å². The van der Waals surface area contributed by atoms with E-state index in [4.69, 9.17) is 0 Å². The van der Waals surface area contributed by atoms with Gasteiger partial charge < -0.3 is 0 Å². The number of pyridine rings is 1. The van der Waals surface area contributed by atoms with Gasteiger partial charge in [0.05, 0.1) is 33.6 Å². The lowest BCUT2D eigenvalue weighted by Gasteiger charge is -2.21. The average molecular weight is 509 g/mol. The molecule has 0 aliphatic rings. The molecule has 0 aliphatic carbocycles. The monoisotopic (exact) mass is 509 g/mol. The third kappa shape index (κ3) is 5.45. The molecule has 0 unspecified atom stereocenters. The van der Waals surface area contributed by atoms with Crippen LogP contribution < -0.4 is 4.90 Å². The van der Waals surface area contributed by atoms with Crippen molar-refractivity contribution in [2.24, 2.45) is 0 Å². The SMILES string of the molecule is CCc1ccc2nc(N(Cc3ccccn3)C(=O)c3cc(C(F)(F)F)cc(C(F)(F)F)c3)sc2c1. The standard InChI is InChI=1S/C24H17F6N3OS/c1-2-14-6-7-19-20(9-14)35-22(32-19)33(13-18-5-3-4-8-31-18)21(34)15-10-16(23(25,26)27)12-17(11-15)24(28,29)30/h3-12H,2,13H2,1H3. The van der Waals surface area contributed by atoms with Gasteiger partial charge in [0.15, 0.2) is 5.13 Å².